The SMILES string of the molecule is CCOC(=O)c1c(NC(=O)CNCc2ccccc2)sc2c1CCCC2.O=C(O)C(=O)O. The van der Waals surface area contributed by atoms with E-state index >= 15 is 0 Å². The van der Waals surface area contributed by atoms with Crippen LogP contribution in [0.2, 0.25) is 0 Å². The highest BCUT2D eigenvalue weighted by molar-refractivity contribution is 7.17. The summed E-state index contributed by atoms with van der Waals surface area (Å²) < 4.78 is 5.21. The molecule has 32 heavy (non-hydrogen) atoms. The molecule has 9 nitrogen and oxygen atoms in total. The number of amides is 1. The van der Waals surface area contributed by atoms with Gasteiger partial charge in [0.05, 0.1) is 18.7 Å². The van der Waals surface area contributed by atoms with Gasteiger partial charge in [0.1, 0.15) is 5.00 Å². The number of carbonyl (C=O) groups excluding carboxylic acids is 2. The molecule has 1 amide bonds. The molecule has 0 atom stereocenters. The van der Waals surface area contributed by atoms with Crippen LogP contribution in [0.3, 0.4) is 0 Å². The summed E-state index contributed by atoms with van der Waals surface area (Å²) in [4.78, 5) is 44.1. The number of hydrogen-bond donors (Lipinski definition) is 4. The third kappa shape index (κ3) is 7.47. The fourth-order valence-electron chi connectivity index (χ4n) is 3.16. The smallest absolute Gasteiger partial charge is 0.414 e. The minimum Gasteiger partial charge on any atom is -0.473 e. The molecule has 0 unspecified atom stereocenters. The van der Waals surface area contributed by atoms with Crippen LogP contribution in [-0.2, 0) is 38.5 Å². The van der Waals surface area contributed by atoms with E-state index in [2.05, 4.69) is 10.6 Å². The Morgan fingerprint density at radius 1 is 1.03 bits per heavy atom. The van der Waals surface area contributed by atoms with E-state index in [1.807, 2.05) is 30.3 Å². The molecule has 1 heterocycles. The first-order valence-electron chi connectivity index (χ1n) is 10.2. The van der Waals surface area contributed by atoms with E-state index in [1.54, 1.807) is 6.92 Å². The van der Waals surface area contributed by atoms with E-state index in [0.717, 1.165) is 36.8 Å². The lowest BCUT2D eigenvalue weighted by Crippen LogP contribution is -2.28. The van der Waals surface area contributed by atoms with Crippen LogP contribution in [0.5, 0.6) is 0 Å². The first-order chi connectivity index (χ1) is 15.3. The quantitative estimate of drug-likeness (QED) is 0.363. The van der Waals surface area contributed by atoms with Crippen molar-refractivity contribution in [1.82, 2.24) is 5.32 Å². The van der Waals surface area contributed by atoms with E-state index in [0.29, 0.717) is 23.7 Å². The summed E-state index contributed by atoms with van der Waals surface area (Å²) in [5.74, 6) is -4.13. The van der Waals surface area contributed by atoms with E-state index in [1.165, 1.54) is 16.2 Å². The maximum Gasteiger partial charge on any atom is 0.414 e. The van der Waals surface area contributed by atoms with Crippen molar-refractivity contribution in [2.75, 3.05) is 18.5 Å². The van der Waals surface area contributed by atoms with E-state index in [4.69, 9.17) is 24.5 Å². The first kappa shape index (κ1) is 25.0. The number of ether oxygens (including phenoxy) is 1. The van der Waals surface area contributed by atoms with E-state index < -0.39 is 11.9 Å². The van der Waals surface area contributed by atoms with Gasteiger partial charge in [-0.3, -0.25) is 4.79 Å². The van der Waals surface area contributed by atoms with Gasteiger partial charge < -0.3 is 25.6 Å². The largest absolute Gasteiger partial charge is 0.473 e. The Balaban J connectivity index is 0.000000534. The van der Waals surface area contributed by atoms with Gasteiger partial charge in [-0.25, -0.2) is 14.4 Å². The minimum absolute atomic E-state index is 0.148. The summed E-state index contributed by atoms with van der Waals surface area (Å²) in [7, 11) is 0. The average molecular weight is 463 g/mol. The van der Waals surface area contributed by atoms with Crippen LogP contribution >= 0.6 is 11.3 Å². The Bertz CT molecular complexity index is 945. The fourth-order valence-corrected chi connectivity index (χ4v) is 4.45. The molecular formula is C22H26N2O7S. The van der Waals surface area contributed by atoms with Crippen molar-refractivity contribution in [1.29, 1.82) is 0 Å². The summed E-state index contributed by atoms with van der Waals surface area (Å²) in [6, 6.07) is 9.93. The molecule has 0 spiro atoms. The topological polar surface area (TPSA) is 142 Å². The maximum atomic E-state index is 12.4. The number of rotatable bonds is 7. The molecule has 1 aromatic carbocycles. The minimum atomic E-state index is -1.82. The number of esters is 1. The van der Waals surface area contributed by atoms with E-state index in [9.17, 15) is 9.59 Å². The van der Waals surface area contributed by atoms with Crippen molar-refractivity contribution >= 4 is 40.2 Å². The average Bonchev–Trinajstić information content (AvgIpc) is 3.12. The van der Waals surface area contributed by atoms with Gasteiger partial charge in [-0.15, -0.1) is 11.3 Å². The first-order valence-corrected chi connectivity index (χ1v) is 11.0. The van der Waals surface area contributed by atoms with Gasteiger partial charge in [-0.2, -0.15) is 0 Å². The van der Waals surface area contributed by atoms with Gasteiger partial charge in [-0.05, 0) is 43.7 Å². The highest BCUT2D eigenvalue weighted by atomic mass is 32.1. The predicted molar refractivity (Wildman–Crippen MR) is 119 cm³/mol. The van der Waals surface area contributed by atoms with Crippen LogP contribution in [0.4, 0.5) is 5.00 Å². The third-order valence-corrected chi connectivity index (χ3v) is 5.75. The van der Waals surface area contributed by atoms with Crippen molar-refractivity contribution in [3.8, 4) is 0 Å². The summed E-state index contributed by atoms with van der Waals surface area (Å²) in [5, 5.41) is 21.5. The second kappa shape index (κ2) is 12.6. The van der Waals surface area contributed by atoms with Gasteiger partial charge in [0.15, 0.2) is 0 Å². The number of aryl methyl sites for hydroxylation is 1. The highest BCUT2D eigenvalue weighted by Crippen LogP contribution is 2.38. The molecule has 0 saturated heterocycles. The number of carbonyl (C=O) groups is 4. The van der Waals surface area contributed by atoms with Crippen LogP contribution in [0.1, 0.15) is 46.1 Å². The van der Waals surface area contributed by atoms with Crippen LogP contribution in [0.25, 0.3) is 0 Å². The number of nitrogens with one attached hydrogen (secondary N) is 2. The maximum absolute atomic E-state index is 12.4. The number of carboxylic acids is 2. The number of hydrogen-bond acceptors (Lipinski definition) is 7. The highest BCUT2D eigenvalue weighted by Gasteiger charge is 2.27. The van der Waals surface area contributed by atoms with Crippen LogP contribution < -0.4 is 10.6 Å². The van der Waals surface area contributed by atoms with Gasteiger partial charge >= 0.3 is 17.9 Å². The molecule has 0 aliphatic heterocycles. The normalized spacial score (nSPS) is 12.0. The zero-order valence-electron chi connectivity index (χ0n) is 17.7. The fraction of sp³-hybridized carbons (Fsp3) is 0.364. The van der Waals surface area contributed by atoms with Gasteiger partial charge in [0.2, 0.25) is 5.91 Å². The summed E-state index contributed by atoms with van der Waals surface area (Å²) in [6.45, 7) is 2.94. The van der Waals surface area contributed by atoms with Crippen LogP contribution in [-0.4, -0.2) is 47.2 Å². The summed E-state index contributed by atoms with van der Waals surface area (Å²) in [5.41, 5.74) is 2.74. The number of fused-ring (bicyclic) bond motifs is 1. The van der Waals surface area contributed by atoms with Crippen molar-refractivity contribution in [3.05, 3.63) is 51.9 Å². The Morgan fingerprint density at radius 3 is 2.31 bits per heavy atom. The second-order valence-electron chi connectivity index (χ2n) is 6.88. The molecule has 172 valence electrons. The molecule has 2 aromatic rings. The van der Waals surface area contributed by atoms with Crippen molar-refractivity contribution in [2.24, 2.45) is 0 Å². The summed E-state index contributed by atoms with van der Waals surface area (Å²) >= 11 is 1.51. The molecule has 1 aliphatic carbocycles. The van der Waals surface area contributed by atoms with Crippen LogP contribution in [0.15, 0.2) is 30.3 Å². The predicted octanol–water partition coefficient (Wildman–Crippen LogP) is 2.69. The molecule has 1 aromatic heterocycles. The number of benzene rings is 1. The number of carboxylic acid groups (broad SMARTS) is 2. The second-order valence-corrected chi connectivity index (χ2v) is 7.99. The molecule has 0 saturated carbocycles. The Morgan fingerprint density at radius 2 is 1.69 bits per heavy atom. The molecule has 0 radical (unpaired) electrons. The Hall–Kier alpha value is -3.24. The molecular weight excluding hydrogens is 436 g/mol. The van der Waals surface area contributed by atoms with Gasteiger partial charge in [-0.1, -0.05) is 30.3 Å². The van der Waals surface area contributed by atoms with E-state index in [-0.39, 0.29) is 18.4 Å². The molecule has 1 aliphatic rings. The van der Waals surface area contributed by atoms with Crippen molar-refractivity contribution in [2.45, 2.75) is 39.2 Å². The Kier molecular flexibility index (Phi) is 9.83. The number of aliphatic carboxylic acids is 2. The molecule has 0 bridgehead atoms. The lowest BCUT2D eigenvalue weighted by atomic mass is 9.95. The standard InChI is InChI=1S/C20H24N2O3S.C2H2O4/c1-2-25-20(24)18-15-10-6-7-11-16(15)26-19(18)22-17(23)13-21-12-14-8-4-3-5-9-14;3-1(4)2(5)6/h3-5,8-9,21H,2,6-7,10-13H2,1H3,(H,22,23);(H,3,4)(H,5,6). The monoisotopic (exact) mass is 462 g/mol. The van der Waals surface area contributed by atoms with Crippen LogP contribution in [0, 0.1) is 0 Å². The van der Waals surface area contributed by atoms with Gasteiger partial charge in [0.25, 0.3) is 0 Å². The lowest BCUT2D eigenvalue weighted by molar-refractivity contribution is -0.159. The summed E-state index contributed by atoms with van der Waals surface area (Å²) in [6.07, 6.45) is 4.04. The zero-order valence-corrected chi connectivity index (χ0v) is 18.5. The van der Waals surface area contributed by atoms with Crippen molar-refractivity contribution in [3.63, 3.8) is 0 Å². The molecule has 10 heteroatoms. The Labute approximate surface area is 189 Å². The lowest BCUT2D eigenvalue weighted by Gasteiger charge is -2.12. The zero-order chi connectivity index (χ0) is 23.5. The number of anilines is 1. The van der Waals surface area contributed by atoms with Crippen molar-refractivity contribution < 1.29 is 34.1 Å². The number of thiophene rings is 1. The molecule has 0 fully saturated rings. The molecule has 4 N–H and O–H groups in total. The molecule has 3 rings (SSSR count). The van der Waals surface area contributed by atoms with Gasteiger partial charge in [0, 0.05) is 11.4 Å². The third-order valence-electron chi connectivity index (χ3n) is 4.54.